The number of aryl methyl sites for hydroxylation is 1. The summed E-state index contributed by atoms with van der Waals surface area (Å²) in [6, 6.07) is 7.95. The van der Waals surface area contributed by atoms with Crippen molar-refractivity contribution in [3.05, 3.63) is 47.4 Å². The van der Waals surface area contributed by atoms with Crippen molar-refractivity contribution in [2.45, 2.75) is 58.6 Å². The molecule has 0 N–H and O–H groups in total. The number of hydrogen-bond donors (Lipinski definition) is 0. The van der Waals surface area contributed by atoms with Crippen LogP contribution < -0.4 is 9.75 Å². The SMILES string of the molecule is CCCc1cc(OC(C)C)cnc1CC1CC=NN1c1ncccc1C#N. The molecule has 3 heterocycles. The van der Waals surface area contributed by atoms with Gasteiger partial charge in [0, 0.05) is 30.9 Å². The Morgan fingerprint density at radius 1 is 1.37 bits per heavy atom. The zero-order valence-corrected chi connectivity index (χ0v) is 16.1. The maximum absolute atomic E-state index is 9.38. The molecular weight excluding hydrogens is 338 g/mol. The van der Waals surface area contributed by atoms with Crippen LogP contribution in [0.3, 0.4) is 0 Å². The van der Waals surface area contributed by atoms with Gasteiger partial charge in [0.2, 0.25) is 0 Å². The number of nitriles is 1. The molecule has 0 radical (unpaired) electrons. The van der Waals surface area contributed by atoms with Gasteiger partial charge in [0.25, 0.3) is 0 Å². The van der Waals surface area contributed by atoms with Gasteiger partial charge in [-0.05, 0) is 44.0 Å². The van der Waals surface area contributed by atoms with E-state index in [1.807, 2.05) is 25.1 Å². The summed E-state index contributed by atoms with van der Waals surface area (Å²) in [6.45, 7) is 6.19. The monoisotopic (exact) mass is 363 g/mol. The van der Waals surface area contributed by atoms with Crippen LogP contribution in [0.1, 0.15) is 50.4 Å². The first-order chi connectivity index (χ1) is 13.1. The number of rotatable bonds is 7. The summed E-state index contributed by atoms with van der Waals surface area (Å²) < 4.78 is 5.80. The second kappa shape index (κ2) is 8.63. The highest BCUT2D eigenvalue weighted by Gasteiger charge is 2.27. The molecule has 140 valence electrons. The van der Waals surface area contributed by atoms with Gasteiger partial charge in [-0.1, -0.05) is 13.3 Å². The zero-order chi connectivity index (χ0) is 19.2. The summed E-state index contributed by atoms with van der Waals surface area (Å²) in [6.07, 6.45) is 9.06. The smallest absolute Gasteiger partial charge is 0.167 e. The Bertz CT molecular complexity index is 856. The highest BCUT2D eigenvalue weighted by atomic mass is 16.5. The minimum atomic E-state index is 0.104. The zero-order valence-electron chi connectivity index (χ0n) is 16.1. The van der Waals surface area contributed by atoms with E-state index in [-0.39, 0.29) is 12.1 Å². The lowest BCUT2D eigenvalue weighted by Gasteiger charge is -2.24. The van der Waals surface area contributed by atoms with E-state index >= 15 is 0 Å². The topological polar surface area (TPSA) is 74.4 Å². The molecular formula is C21H25N5O. The second-order valence-corrected chi connectivity index (χ2v) is 6.92. The summed E-state index contributed by atoms with van der Waals surface area (Å²) in [4.78, 5) is 9.07. The molecule has 6 heteroatoms. The number of aromatic nitrogens is 2. The molecule has 0 bridgehead atoms. The predicted octanol–water partition coefficient (Wildman–Crippen LogP) is 3.90. The molecule has 2 aromatic heterocycles. The number of hydrazone groups is 1. The van der Waals surface area contributed by atoms with Crippen molar-refractivity contribution in [3.63, 3.8) is 0 Å². The molecule has 6 nitrogen and oxygen atoms in total. The number of nitrogens with zero attached hydrogens (tertiary/aromatic N) is 5. The average molecular weight is 363 g/mol. The lowest BCUT2D eigenvalue weighted by atomic mass is 10.0. The Morgan fingerprint density at radius 3 is 2.96 bits per heavy atom. The van der Waals surface area contributed by atoms with Gasteiger partial charge in [0.05, 0.1) is 23.9 Å². The first-order valence-electron chi connectivity index (χ1n) is 9.43. The molecule has 0 spiro atoms. The Labute approximate surface area is 160 Å². The van der Waals surface area contributed by atoms with E-state index in [4.69, 9.17) is 9.72 Å². The Kier molecular flexibility index (Phi) is 6.02. The minimum Gasteiger partial charge on any atom is -0.489 e. The maximum atomic E-state index is 9.38. The molecule has 27 heavy (non-hydrogen) atoms. The fourth-order valence-corrected chi connectivity index (χ4v) is 3.26. The summed E-state index contributed by atoms with van der Waals surface area (Å²) in [5.74, 6) is 1.42. The molecule has 1 aliphatic rings. The van der Waals surface area contributed by atoms with Crippen molar-refractivity contribution in [3.8, 4) is 11.8 Å². The lowest BCUT2D eigenvalue weighted by molar-refractivity contribution is 0.241. The van der Waals surface area contributed by atoms with Gasteiger partial charge in [0.1, 0.15) is 11.8 Å². The van der Waals surface area contributed by atoms with Crippen LogP contribution in [-0.2, 0) is 12.8 Å². The van der Waals surface area contributed by atoms with E-state index in [0.29, 0.717) is 11.4 Å². The molecule has 0 saturated heterocycles. The number of hydrogen-bond acceptors (Lipinski definition) is 6. The van der Waals surface area contributed by atoms with Crippen molar-refractivity contribution in [1.82, 2.24) is 9.97 Å². The van der Waals surface area contributed by atoms with Crippen molar-refractivity contribution < 1.29 is 4.74 Å². The van der Waals surface area contributed by atoms with Gasteiger partial charge < -0.3 is 4.74 Å². The van der Waals surface area contributed by atoms with Crippen LogP contribution >= 0.6 is 0 Å². The van der Waals surface area contributed by atoms with Crippen LogP contribution in [0.4, 0.5) is 5.82 Å². The summed E-state index contributed by atoms with van der Waals surface area (Å²) in [7, 11) is 0. The van der Waals surface area contributed by atoms with Crippen molar-refractivity contribution >= 4 is 12.0 Å². The van der Waals surface area contributed by atoms with E-state index in [0.717, 1.165) is 37.1 Å². The largest absolute Gasteiger partial charge is 0.489 e. The lowest BCUT2D eigenvalue weighted by Crippen LogP contribution is -2.30. The van der Waals surface area contributed by atoms with Gasteiger partial charge in [0.15, 0.2) is 5.82 Å². The fourth-order valence-electron chi connectivity index (χ4n) is 3.26. The van der Waals surface area contributed by atoms with Crippen LogP contribution in [-0.4, -0.2) is 28.3 Å². The van der Waals surface area contributed by atoms with Crippen molar-refractivity contribution in [2.75, 3.05) is 5.01 Å². The van der Waals surface area contributed by atoms with E-state index in [1.54, 1.807) is 24.5 Å². The van der Waals surface area contributed by atoms with Crippen LogP contribution in [0.25, 0.3) is 0 Å². The minimum absolute atomic E-state index is 0.104. The highest BCUT2D eigenvalue weighted by Crippen LogP contribution is 2.27. The third-order valence-electron chi connectivity index (χ3n) is 4.41. The third kappa shape index (κ3) is 4.43. The summed E-state index contributed by atoms with van der Waals surface area (Å²) >= 11 is 0. The molecule has 2 aromatic rings. The molecule has 0 fully saturated rings. The molecule has 1 aliphatic heterocycles. The highest BCUT2D eigenvalue weighted by molar-refractivity contribution is 5.68. The van der Waals surface area contributed by atoms with E-state index in [1.165, 1.54) is 5.56 Å². The normalized spacial score (nSPS) is 16.0. The van der Waals surface area contributed by atoms with E-state index < -0.39 is 0 Å². The van der Waals surface area contributed by atoms with Crippen LogP contribution in [0.5, 0.6) is 5.75 Å². The van der Waals surface area contributed by atoms with Gasteiger partial charge in [-0.25, -0.2) is 9.99 Å². The Balaban J connectivity index is 1.84. The predicted molar refractivity (Wildman–Crippen MR) is 106 cm³/mol. The van der Waals surface area contributed by atoms with Crippen LogP contribution in [0.2, 0.25) is 0 Å². The fraction of sp³-hybridized carbons (Fsp3) is 0.429. The second-order valence-electron chi connectivity index (χ2n) is 6.92. The third-order valence-corrected chi connectivity index (χ3v) is 4.41. The van der Waals surface area contributed by atoms with Crippen LogP contribution in [0.15, 0.2) is 35.7 Å². The molecule has 0 saturated carbocycles. The van der Waals surface area contributed by atoms with Crippen LogP contribution in [0, 0.1) is 11.3 Å². The summed E-state index contributed by atoms with van der Waals surface area (Å²) in [5.41, 5.74) is 2.80. The van der Waals surface area contributed by atoms with Gasteiger partial charge in [-0.2, -0.15) is 10.4 Å². The standard InChI is InChI=1S/C21H25N5O/c1-4-6-16-11-19(27-15(2)3)14-24-20(16)12-18-8-10-25-26(18)21-17(13-22)7-5-9-23-21/h5,7,9-11,14-15,18H,4,6,8,12H2,1-3H3. The molecule has 0 aromatic carbocycles. The molecule has 0 aliphatic carbocycles. The Hall–Kier alpha value is -2.94. The number of ether oxygens (including phenoxy) is 1. The Morgan fingerprint density at radius 2 is 2.22 bits per heavy atom. The molecule has 1 atom stereocenters. The maximum Gasteiger partial charge on any atom is 0.167 e. The van der Waals surface area contributed by atoms with Gasteiger partial charge in [-0.3, -0.25) is 4.98 Å². The van der Waals surface area contributed by atoms with Gasteiger partial charge in [-0.15, -0.1) is 0 Å². The van der Waals surface area contributed by atoms with Gasteiger partial charge >= 0.3 is 0 Å². The van der Waals surface area contributed by atoms with Crippen molar-refractivity contribution in [2.24, 2.45) is 5.10 Å². The molecule has 0 amide bonds. The number of anilines is 1. The first kappa shape index (κ1) is 18.8. The average Bonchev–Trinajstić information content (AvgIpc) is 3.11. The van der Waals surface area contributed by atoms with Crippen molar-refractivity contribution in [1.29, 1.82) is 5.26 Å². The summed E-state index contributed by atoms with van der Waals surface area (Å²) in [5, 5.41) is 15.7. The van der Waals surface area contributed by atoms with E-state index in [9.17, 15) is 5.26 Å². The first-order valence-corrected chi connectivity index (χ1v) is 9.43. The van der Waals surface area contributed by atoms with E-state index in [2.05, 4.69) is 29.1 Å². The number of pyridine rings is 2. The molecule has 1 unspecified atom stereocenters. The quantitative estimate of drug-likeness (QED) is 0.746. The molecule has 3 rings (SSSR count).